The zero-order chi connectivity index (χ0) is 11.8. The van der Waals surface area contributed by atoms with Gasteiger partial charge in [0.15, 0.2) is 5.82 Å². The van der Waals surface area contributed by atoms with E-state index in [1.54, 1.807) is 0 Å². The van der Waals surface area contributed by atoms with Gasteiger partial charge in [-0.25, -0.2) is 0 Å². The molecule has 88 valence electrons. The second-order valence-corrected chi connectivity index (χ2v) is 5.10. The van der Waals surface area contributed by atoms with Crippen molar-refractivity contribution >= 4 is 15.9 Å². The predicted octanol–water partition coefficient (Wildman–Crippen LogP) is 3.48. The first kappa shape index (κ1) is 11.0. The summed E-state index contributed by atoms with van der Waals surface area (Å²) in [6, 6.07) is 9.09. The molecule has 3 nitrogen and oxygen atoms in total. The summed E-state index contributed by atoms with van der Waals surface area (Å²) in [6.07, 6.45) is 2.49. The van der Waals surface area contributed by atoms with Gasteiger partial charge in [-0.2, -0.15) is 0 Å². The number of aromatic nitrogens is 3. The molecule has 0 N–H and O–H groups in total. The third-order valence-corrected chi connectivity index (χ3v) is 3.61. The summed E-state index contributed by atoms with van der Waals surface area (Å²) in [7, 11) is 0. The highest BCUT2D eigenvalue weighted by Crippen LogP contribution is 2.39. The van der Waals surface area contributed by atoms with Crippen LogP contribution in [-0.2, 0) is 5.33 Å². The Balaban J connectivity index is 2.07. The van der Waals surface area contributed by atoms with Crippen molar-refractivity contribution in [2.45, 2.75) is 31.1 Å². The van der Waals surface area contributed by atoms with Crippen LogP contribution in [0.4, 0.5) is 0 Å². The molecular formula is C13H14BrN3. The zero-order valence-electron chi connectivity index (χ0n) is 9.73. The van der Waals surface area contributed by atoms with Crippen LogP contribution in [0.1, 0.15) is 30.3 Å². The Labute approximate surface area is 109 Å². The molecule has 3 rings (SSSR count). The van der Waals surface area contributed by atoms with E-state index in [9.17, 15) is 0 Å². The molecule has 1 aliphatic carbocycles. The maximum atomic E-state index is 4.33. The van der Waals surface area contributed by atoms with Crippen LogP contribution < -0.4 is 0 Å². The number of benzene rings is 1. The standard InChI is InChI=1S/C13H14BrN3/c1-9-2-4-10(5-3-9)13-16-15-12(8-14)17(13)11-6-7-11/h2-5,11H,6-8H2,1H3. The fourth-order valence-corrected chi connectivity index (χ4v) is 2.41. The summed E-state index contributed by atoms with van der Waals surface area (Å²) < 4.78 is 2.28. The number of alkyl halides is 1. The summed E-state index contributed by atoms with van der Waals surface area (Å²) in [5, 5.41) is 9.36. The van der Waals surface area contributed by atoms with E-state index in [1.807, 2.05) is 0 Å². The van der Waals surface area contributed by atoms with Gasteiger partial charge < -0.3 is 4.57 Å². The Morgan fingerprint density at radius 1 is 1.24 bits per heavy atom. The van der Waals surface area contributed by atoms with E-state index in [4.69, 9.17) is 0 Å². The van der Waals surface area contributed by atoms with Gasteiger partial charge in [-0.05, 0) is 19.8 Å². The molecule has 4 heteroatoms. The fraction of sp³-hybridized carbons (Fsp3) is 0.385. The van der Waals surface area contributed by atoms with E-state index in [0.717, 1.165) is 22.5 Å². The topological polar surface area (TPSA) is 30.7 Å². The molecule has 0 unspecified atom stereocenters. The Bertz CT molecular complexity index is 526. The lowest BCUT2D eigenvalue weighted by Gasteiger charge is -2.07. The number of rotatable bonds is 3. The molecular weight excluding hydrogens is 278 g/mol. The molecule has 0 aliphatic heterocycles. The number of aryl methyl sites for hydroxylation is 1. The molecule has 0 bridgehead atoms. The quantitative estimate of drug-likeness (QED) is 0.811. The minimum atomic E-state index is 0.605. The Kier molecular flexibility index (Phi) is 2.74. The summed E-state index contributed by atoms with van der Waals surface area (Å²) in [4.78, 5) is 0. The Morgan fingerprint density at radius 2 is 1.94 bits per heavy atom. The van der Waals surface area contributed by atoms with Crippen LogP contribution in [0, 0.1) is 6.92 Å². The highest BCUT2D eigenvalue weighted by atomic mass is 79.9. The molecule has 0 atom stereocenters. The van der Waals surface area contributed by atoms with Gasteiger partial charge in [-0.15, -0.1) is 10.2 Å². The van der Waals surface area contributed by atoms with E-state index in [2.05, 4.69) is 61.9 Å². The molecule has 1 aromatic heterocycles. The number of hydrogen-bond acceptors (Lipinski definition) is 2. The van der Waals surface area contributed by atoms with Crippen molar-refractivity contribution in [3.63, 3.8) is 0 Å². The smallest absolute Gasteiger partial charge is 0.164 e. The van der Waals surface area contributed by atoms with Crippen molar-refractivity contribution in [1.82, 2.24) is 14.8 Å². The largest absolute Gasteiger partial charge is 0.307 e. The highest BCUT2D eigenvalue weighted by Gasteiger charge is 2.29. The summed E-state index contributed by atoms with van der Waals surface area (Å²) in [5.74, 6) is 2.03. The second-order valence-electron chi connectivity index (χ2n) is 4.54. The molecule has 17 heavy (non-hydrogen) atoms. The molecule has 2 aromatic rings. The minimum absolute atomic E-state index is 0.605. The molecule has 0 amide bonds. The van der Waals surface area contributed by atoms with E-state index in [0.29, 0.717) is 6.04 Å². The molecule has 0 spiro atoms. The molecule has 1 heterocycles. The normalized spacial score (nSPS) is 15.2. The van der Waals surface area contributed by atoms with Gasteiger partial charge in [0.1, 0.15) is 5.82 Å². The predicted molar refractivity (Wildman–Crippen MR) is 71.1 cm³/mol. The first-order chi connectivity index (χ1) is 8.29. The molecule has 1 aliphatic rings. The van der Waals surface area contributed by atoms with Gasteiger partial charge >= 0.3 is 0 Å². The Morgan fingerprint density at radius 3 is 2.53 bits per heavy atom. The summed E-state index contributed by atoms with van der Waals surface area (Å²) in [6.45, 7) is 2.10. The van der Waals surface area contributed by atoms with E-state index in [1.165, 1.54) is 18.4 Å². The molecule has 1 aromatic carbocycles. The maximum absolute atomic E-state index is 4.33. The van der Waals surface area contributed by atoms with Gasteiger partial charge in [0.05, 0.1) is 5.33 Å². The average molecular weight is 292 g/mol. The third-order valence-electron chi connectivity index (χ3n) is 3.11. The maximum Gasteiger partial charge on any atom is 0.164 e. The molecule has 1 saturated carbocycles. The van der Waals surface area contributed by atoms with E-state index >= 15 is 0 Å². The first-order valence-corrected chi connectivity index (χ1v) is 6.98. The van der Waals surface area contributed by atoms with Crippen molar-refractivity contribution in [2.24, 2.45) is 0 Å². The zero-order valence-corrected chi connectivity index (χ0v) is 11.3. The van der Waals surface area contributed by atoms with Gasteiger partial charge in [0.25, 0.3) is 0 Å². The van der Waals surface area contributed by atoms with Crippen molar-refractivity contribution in [3.8, 4) is 11.4 Å². The lowest BCUT2D eigenvalue weighted by Crippen LogP contribution is -2.01. The third kappa shape index (κ3) is 2.02. The van der Waals surface area contributed by atoms with Crippen LogP contribution in [0.5, 0.6) is 0 Å². The molecule has 1 fully saturated rings. The Hall–Kier alpha value is -1.16. The summed E-state index contributed by atoms with van der Waals surface area (Å²) >= 11 is 3.48. The van der Waals surface area contributed by atoms with Gasteiger partial charge in [-0.3, -0.25) is 0 Å². The van der Waals surface area contributed by atoms with Crippen LogP contribution in [0.25, 0.3) is 11.4 Å². The highest BCUT2D eigenvalue weighted by molar-refractivity contribution is 9.08. The molecule has 0 saturated heterocycles. The molecule has 0 radical (unpaired) electrons. The lowest BCUT2D eigenvalue weighted by molar-refractivity contribution is 0.714. The average Bonchev–Trinajstić information content (AvgIpc) is 3.10. The van der Waals surface area contributed by atoms with Gasteiger partial charge in [0.2, 0.25) is 0 Å². The first-order valence-electron chi connectivity index (χ1n) is 5.86. The van der Waals surface area contributed by atoms with E-state index < -0.39 is 0 Å². The summed E-state index contributed by atoms with van der Waals surface area (Å²) in [5.41, 5.74) is 2.43. The fourth-order valence-electron chi connectivity index (χ4n) is 2.03. The van der Waals surface area contributed by atoms with Crippen molar-refractivity contribution in [3.05, 3.63) is 35.7 Å². The van der Waals surface area contributed by atoms with Crippen molar-refractivity contribution in [1.29, 1.82) is 0 Å². The monoisotopic (exact) mass is 291 g/mol. The van der Waals surface area contributed by atoms with Crippen LogP contribution in [0.3, 0.4) is 0 Å². The van der Waals surface area contributed by atoms with Crippen LogP contribution in [0.2, 0.25) is 0 Å². The minimum Gasteiger partial charge on any atom is -0.307 e. The number of halogens is 1. The number of nitrogens with zero attached hydrogens (tertiary/aromatic N) is 3. The number of hydrogen-bond donors (Lipinski definition) is 0. The van der Waals surface area contributed by atoms with Crippen LogP contribution in [0.15, 0.2) is 24.3 Å². The second kappa shape index (κ2) is 4.26. The van der Waals surface area contributed by atoms with Crippen molar-refractivity contribution < 1.29 is 0 Å². The van der Waals surface area contributed by atoms with Crippen LogP contribution >= 0.6 is 15.9 Å². The van der Waals surface area contributed by atoms with Gasteiger partial charge in [-0.1, -0.05) is 45.8 Å². The lowest BCUT2D eigenvalue weighted by atomic mass is 10.1. The van der Waals surface area contributed by atoms with Gasteiger partial charge in [0, 0.05) is 11.6 Å². The van der Waals surface area contributed by atoms with Crippen LogP contribution in [-0.4, -0.2) is 14.8 Å². The SMILES string of the molecule is Cc1ccc(-c2nnc(CBr)n2C2CC2)cc1. The van der Waals surface area contributed by atoms with Crippen molar-refractivity contribution in [2.75, 3.05) is 0 Å². The van der Waals surface area contributed by atoms with E-state index in [-0.39, 0.29) is 0 Å².